The summed E-state index contributed by atoms with van der Waals surface area (Å²) in [6.07, 6.45) is 0. The fourth-order valence-corrected chi connectivity index (χ4v) is 4.04. The van der Waals surface area contributed by atoms with Crippen LogP contribution in [-0.2, 0) is 13.1 Å². The summed E-state index contributed by atoms with van der Waals surface area (Å²) in [5.74, 6) is 0. The van der Waals surface area contributed by atoms with Crippen molar-refractivity contribution in [3.63, 3.8) is 0 Å². The van der Waals surface area contributed by atoms with Gasteiger partial charge in [-0.05, 0) is 31.5 Å². The van der Waals surface area contributed by atoms with E-state index in [1.54, 1.807) is 0 Å². The van der Waals surface area contributed by atoms with Crippen LogP contribution in [0.1, 0.15) is 31.9 Å². The highest BCUT2D eigenvalue weighted by Crippen LogP contribution is 2.17. The lowest BCUT2D eigenvalue weighted by Gasteiger charge is -2.39. The number of likely N-dealkylation sites (N-methyl/N-ethyl adjacent to an activating group) is 1. The van der Waals surface area contributed by atoms with Gasteiger partial charge in [0.25, 0.3) is 0 Å². The van der Waals surface area contributed by atoms with E-state index in [2.05, 4.69) is 65.1 Å². The zero-order valence-electron chi connectivity index (χ0n) is 15.7. The lowest BCUT2D eigenvalue weighted by molar-refractivity contribution is 0.108. The largest absolute Gasteiger partial charge is 0.314 e. The third-order valence-corrected chi connectivity index (χ3v) is 5.69. The summed E-state index contributed by atoms with van der Waals surface area (Å²) in [5, 5.41) is 3.52. The van der Waals surface area contributed by atoms with Gasteiger partial charge in [0.05, 0.1) is 0 Å². The molecule has 0 amide bonds. The van der Waals surface area contributed by atoms with E-state index >= 15 is 0 Å². The zero-order chi connectivity index (χ0) is 16.9. The van der Waals surface area contributed by atoms with Crippen LogP contribution in [0.2, 0.25) is 0 Å². The van der Waals surface area contributed by atoms with Crippen molar-refractivity contribution in [2.24, 2.45) is 0 Å². The van der Waals surface area contributed by atoms with Gasteiger partial charge >= 0.3 is 0 Å². The SMILES string of the molecule is CCN1CCN(Cc2cccc(CN3[C@H](C)CNC[C@@H]3C)c2)CC1. The van der Waals surface area contributed by atoms with E-state index in [1.807, 2.05) is 0 Å². The molecule has 4 nitrogen and oxygen atoms in total. The Balaban J connectivity index is 1.58. The molecule has 0 saturated carbocycles. The molecule has 0 radical (unpaired) electrons. The van der Waals surface area contributed by atoms with Crippen molar-refractivity contribution in [3.8, 4) is 0 Å². The van der Waals surface area contributed by atoms with E-state index in [4.69, 9.17) is 0 Å². The highest BCUT2D eigenvalue weighted by Gasteiger charge is 2.24. The van der Waals surface area contributed by atoms with Crippen molar-refractivity contribution >= 4 is 0 Å². The zero-order valence-corrected chi connectivity index (χ0v) is 15.7. The Hall–Kier alpha value is -0.940. The van der Waals surface area contributed by atoms with E-state index in [0.717, 1.165) is 26.2 Å². The van der Waals surface area contributed by atoms with E-state index in [9.17, 15) is 0 Å². The van der Waals surface area contributed by atoms with Crippen molar-refractivity contribution in [1.29, 1.82) is 0 Å². The maximum atomic E-state index is 3.52. The predicted octanol–water partition coefficient (Wildman–Crippen LogP) is 2.01. The van der Waals surface area contributed by atoms with Crippen LogP contribution in [0.3, 0.4) is 0 Å². The van der Waals surface area contributed by atoms with Gasteiger partial charge in [-0.1, -0.05) is 31.2 Å². The second kappa shape index (κ2) is 8.43. The number of piperazine rings is 2. The lowest BCUT2D eigenvalue weighted by atomic mass is 10.1. The van der Waals surface area contributed by atoms with Gasteiger partial charge < -0.3 is 10.2 Å². The highest BCUT2D eigenvalue weighted by molar-refractivity contribution is 5.23. The molecular weight excluding hydrogens is 296 g/mol. The van der Waals surface area contributed by atoms with Gasteiger partial charge in [-0.3, -0.25) is 9.80 Å². The average Bonchev–Trinajstić information content (AvgIpc) is 2.59. The molecule has 2 aliphatic rings. The van der Waals surface area contributed by atoms with E-state index in [1.165, 1.54) is 43.9 Å². The van der Waals surface area contributed by atoms with Crippen LogP contribution in [0, 0.1) is 0 Å². The molecule has 2 heterocycles. The average molecular weight is 331 g/mol. The molecule has 134 valence electrons. The van der Waals surface area contributed by atoms with Gasteiger partial charge in [0.1, 0.15) is 0 Å². The van der Waals surface area contributed by atoms with Crippen LogP contribution in [0.4, 0.5) is 0 Å². The summed E-state index contributed by atoms with van der Waals surface area (Å²) in [5.41, 5.74) is 2.92. The molecule has 0 spiro atoms. The monoisotopic (exact) mass is 330 g/mol. The normalized spacial score (nSPS) is 27.5. The van der Waals surface area contributed by atoms with Crippen molar-refractivity contribution in [2.45, 2.75) is 45.9 Å². The van der Waals surface area contributed by atoms with E-state index in [-0.39, 0.29) is 0 Å². The van der Waals surface area contributed by atoms with Gasteiger partial charge in [0.2, 0.25) is 0 Å². The fourth-order valence-electron chi connectivity index (χ4n) is 4.04. The third-order valence-electron chi connectivity index (χ3n) is 5.69. The summed E-state index contributed by atoms with van der Waals surface area (Å²) in [6.45, 7) is 17.3. The first-order valence-corrected chi connectivity index (χ1v) is 9.64. The highest BCUT2D eigenvalue weighted by atomic mass is 15.3. The summed E-state index contributed by atoms with van der Waals surface area (Å²) in [4.78, 5) is 7.77. The Morgan fingerprint density at radius 1 is 0.917 bits per heavy atom. The second-order valence-corrected chi connectivity index (χ2v) is 7.56. The lowest BCUT2D eigenvalue weighted by Crippen LogP contribution is -2.54. The summed E-state index contributed by atoms with van der Waals surface area (Å²) in [7, 11) is 0. The maximum absolute atomic E-state index is 3.52. The van der Waals surface area contributed by atoms with Crippen molar-refractivity contribution in [3.05, 3.63) is 35.4 Å². The van der Waals surface area contributed by atoms with Crippen LogP contribution in [-0.4, -0.2) is 72.6 Å². The van der Waals surface area contributed by atoms with Crippen molar-refractivity contribution in [2.75, 3.05) is 45.8 Å². The Morgan fingerprint density at radius 3 is 2.12 bits per heavy atom. The molecule has 3 rings (SSSR count). The first kappa shape index (κ1) is 17.9. The van der Waals surface area contributed by atoms with Gasteiger partial charge in [-0.15, -0.1) is 0 Å². The Morgan fingerprint density at radius 2 is 1.50 bits per heavy atom. The smallest absolute Gasteiger partial charge is 0.0240 e. The number of nitrogens with one attached hydrogen (secondary N) is 1. The molecule has 1 aromatic rings. The molecule has 0 aromatic heterocycles. The number of hydrogen-bond acceptors (Lipinski definition) is 4. The number of benzene rings is 1. The minimum atomic E-state index is 0.611. The molecule has 0 bridgehead atoms. The van der Waals surface area contributed by atoms with Crippen LogP contribution >= 0.6 is 0 Å². The van der Waals surface area contributed by atoms with E-state index in [0.29, 0.717) is 12.1 Å². The van der Waals surface area contributed by atoms with Crippen LogP contribution in [0.15, 0.2) is 24.3 Å². The summed E-state index contributed by atoms with van der Waals surface area (Å²) < 4.78 is 0. The molecule has 2 aliphatic heterocycles. The quantitative estimate of drug-likeness (QED) is 0.891. The number of hydrogen-bond donors (Lipinski definition) is 1. The molecule has 2 saturated heterocycles. The molecule has 24 heavy (non-hydrogen) atoms. The van der Waals surface area contributed by atoms with Gasteiger partial charge in [-0.25, -0.2) is 0 Å². The summed E-state index contributed by atoms with van der Waals surface area (Å²) in [6, 6.07) is 10.5. The van der Waals surface area contributed by atoms with Crippen molar-refractivity contribution in [1.82, 2.24) is 20.0 Å². The molecule has 0 unspecified atom stereocenters. The minimum Gasteiger partial charge on any atom is -0.314 e. The first-order valence-electron chi connectivity index (χ1n) is 9.64. The first-order chi connectivity index (χ1) is 11.7. The fraction of sp³-hybridized carbons (Fsp3) is 0.700. The number of nitrogens with zero attached hydrogens (tertiary/aromatic N) is 3. The molecule has 1 aromatic carbocycles. The van der Waals surface area contributed by atoms with Crippen LogP contribution in [0.5, 0.6) is 0 Å². The van der Waals surface area contributed by atoms with Gasteiger partial charge in [-0.2, -0.15) is 0 Å². The maximum Gasteiger partial charge on any atom is 0.0240 e. The second-order valence-electron chi connectivity index (χ2n) is 7.56. The molecular formula is C20H34N4. The summed E-state index contributed by atoms with van der Waals surface area (Å²) >= 11 is 0. The van der Waals surface area contributed by atoms with Gasteiger partial charge in [0.15, 0.2) is 0 Å². The Bertz CT molecular complexity index is 500. The molecule has 2 atom stereocenters. The molecule has 0 aliphatic carbocycles. The third kappa shape index (κ3) is 4.57. The topological polar surface area (TPSA) is 21.8 Å². The minimum absolute atomic E-state index is 0.611. The molecule has 1 N–H and O–H groups in total. The molecule has 2 fully saturated rings. The Labute approximate surface area is 147 Å². The van der Waals surface area contributed by atoms with Gasteiger partial charge in [0, 0.05) is 64.4 Å². The standard InChI is InChI=1S/C20H34N4/c1-4-22-8-10-23(11-9-22)15-19-6-5-7-20(12-19)16-24-17(2)13-21-14-18(24)3/h5-7,12,17-18,21H,4,8-11,13-16H2,1-3H3/t17-,18+. The number of rotatable bonds is 5. The van der Waals surface area contributed by atoms with Crippen LogP contribution in [0.25, 0.3) is 0 Å². The van der Waals surface area contributed by atoms with Crippen LogP contribution < -0.4 is 5.32 Å². The van der Waals surface area contributed by atoms with E-state index < -0.39 is 0 Å². The Kier molecular flexibility index (Phi) is 6.28. The molecule has 4 heteroatoms. The van der Waals surface area contributed by atoms with Crippen molar-refractivity contribution < 1.29 is 0 Å². The predicted molar refractivity (Wildman–Crippen MR) is 101 cm³/mol.